The van der Waals surface area contributed by atoms with Crippen molar-refractivity contribution in [2.45, 2.75) is 0 Å². The van der Waals surface area contributed by atoms with Crippen LogP contribution in [0.1, 0.15) is 14.6 Å². The lowest BCUT2D eigenvalue weighted by Gasteiger charge is -2.00. The number of carbonyl (C=O) groups is 1. The van der Waals surface area contributed by atoms with Gasteiger partial charge < -0.3 is 9.84 Å². The molecule has 0 saturated heterocycles. The number of ether oxygens (including phenoxy) is 1. The molecular formula is C7H7NO3. The molecule has 0 aliphatic heterocycles. The van der Waals surface area contributed by atoms with Gasteiger partial charge in [-0.25, -0.2) is 9.78 Å². The summed E-state index contributed by atoms with van der Waals surface area (Å²) in [6.07, 6.45) is 1.25. The highest BCUT2D eigenvalue weighted by Crippen LogP contribution is 2.13. The second-order valence-electron chi connectivity index (χ2n) is 1.76. The number of hydrogen-bond acceptors (Lipinski definition) is 3. The van der Waals surface area contributed by atoms with Crippen molar-refractivity contribution in [1.29, 1.82) is 0 Å². The Morgan fingerprint density at radius 1 is 1.91 bits per heavy atom. The van der Waals surface area contributed by atoms with Crippen molar-refractivity contribution in [1.82, 2.24) is 4.98 Å². The number of carboxylic acids is 1. The minimum absolute atomic E-state index is 0.264. The number of carboxylic acid groups (broad SMARTS) is 1. The predicted molar refractivity (Wildman–Crippen MR) is 37.7 cm³/mol. The Bertz CT molecular complexity index is 350. The van der Waals surface area contributed by atoms with Crippen LogP contribution in [0.3, 0.4) is 0 Å². The van der Waals surface area contributed by atoms with Gasteiger partial charge in [0, 0.05) is 6.20 Å². The number of pyridine rings is 1. The number of rotatable bonds is 2. The van der Waals surface area contributed by atoms with Gasteiger partial charge in [0.05, 0.1) is 11.2 Å². The summed E-state index contributed by atoms with van der Waals surface area (Å²) < 4.78 is 24.8. The van der Waals surface area contributed by atoms with E-state index >= 15 is 0 Å². The third-order valence-electron chi connectivity index (χ3n) is 1.08. The number of nitrogens with zero attached hydrogens (tertiary/aromatic N) is 1. The fraction of sp³-hybridized carbons (Fsp3) is 0.143. The van der Waals surface area contributed by atoms with Crippen molar-refractivity contribution in [3.63, 3.8) is 0 Å². The molecule has 0 atom stereocenters. The predicted octanol–water partition coefficient (Wildman–Crippen LogP) is 0.788. The van der Waals surface area contributed by atoms with E-state index in [4.69, 9.17) is 9.22 Å². The van der Waals surface area contributed by atoms with Crippen molar-refractivity contribution < 1.29 is 18.8 Å². The van der Waals surface area contributed by atoms with E-state index in [-0.39, 0.29) is 5.75 Å². The van der Waals surface area contributed by atoms with Gasteiger partial charge in [-0.2, -0.15) is 0 Å². The number of methoxy groups -OCH3 is 1. The largest absolute Gasteiger partial charge is 0.494 e. The highest BCUT2D eigenvalue weighted by molar-refractivity contribution is 5.88. The topological polar surface area (TPSA) is 59.4 Å². The van der Waals surface area contributed by atoms with E-state index in [1.807, 2.05) is 0 Å². The third kappa shape index (κ3) is 1.46. The second-order valence-corrected chi connectivity index (χ2v) is 1.76. The van der Waals surface area contributed by atoms with Crippen LogP contribution in [-0.2, 0) is 0 Å². The lowest BCUT2D eigenvalue weighted by Crippen LogP contribution is -2.02. The lowest BCUT2D eigenvalue weighted by atomic mass is 10.3. The van der Waals surface area contributed by atoms with E-state index in [0.29, 0.717) is 0 Å². The molecule has 0 saturated carbocycles. The zero-order valence-electron chi connectivity index (χ0n) is 8.44. The van der Waals surface area contributed by atoms with Crippen molar-refractivity contribution >= 4 is 5.97 Å². The average Bonchev–Trinajstić information content (AvgIpc) is 2.01. The fourth-order valence-electron chi connectivity index (χ4n) is 0.634. The molecule has 0 fully saturated rings. The van der Waals surface area contributed by atoms with Crippen LogP contribution in [-0.4, -0.2) is 23.1 Å². The Morgan fingerprint density at radius 3 is 3.36 bits per heavy atom. The first-order valence-electron chi connectivity index (χ1n) is 4.27. The summed E-state index contributed by atoms with van der Waals surface area (Å²) in [6.45, 7) is 0. The molecule has 11 heavy (non-hydrogen) atoms. The summed E-state index contributed by atoms with van der Waals surface area (Å²) in [5.41, 5.74) is -0.413. The second kappa shape index (κ2) is 3.01. The van der Waals surface area contributed by atoms with Crippen molar-refractivity contribution in [2.24, 2.45) is 0 Å². The van der Waals surface area contributed by atoms with Gasteiger partial charge in [-0.3, -0.25) is 0 Å². The van der Waals surface area contributed by atoms with E-state index in [0.717, 1.165) is 0 Å². The van der Waals surface area contributed by atoms with Gasteiger partial charge in [-0.05, 0) is 12.1 Å². The maximum atomic E-state index is 10.6. The zero-order valence-corrected chi connectivity index (χ0v) is 5.44. The van der Waals surface area contributed by atoms with Crippen molar-refractivity contribution in [3.05, 3.63) is 24.0 Å². The van der Waals surface area contributed by atoms with Crippen LogP contribution < -0.4 is 4.74 Å². The zero-order chi connectivity index (χ0) is 10.8. The molecule has 58 valence electrons. The average molecular weight is 156 g/mol. The van der Waals surface area contributed by atoms with Gasteiger partial charge in [-0.1, -0.05) is 0 Å². The minimum atomic E-state index is -2.67. The SMILES string of the molecule is [2H]C([2H])([2H])Oc1cccnc1C(=O)O. The van der Waals surface area contributed by atoms with Crippen LogP contribution in [0.25, 0.3) is 0 Å². The molecule has 0 aromatic carbocycles. The quantitative estimate of drug-likeness (QED) is 0.687. The monoisotopic (exact) mass is 156 g/mol. The molecule has 4 heteroatoms. The summed E-state index contributed by atoms with van der Waals surface area (Å²) >= 11 is 0. The normalized spacial score (nSPS) is 14.4. The molecule has 1 rings (SSSR count). The highest BCUT2D eigenvalue weighted by atomic mass is 16.5. The number of hydrogen-bond donors (Lipinski definition) is 1. The molecule has 0 radical (unpaired) electrons. The number of aromatic carboxylic acids is 1. The van der Waals surface area contributed by atoms with Gasteiger partial charge in [0.15, 0.2) is 11.4 Å². The summed E-state index contributed by atoms with van der Waals surface area (Å²) in [7, 11) is -2.67. The van der Waals surface area contributed by atoms with Gasteiger partial charge in [-0.15, -0.1) is 0 Å². The van der Waals surface area contributed by atoms with E-state index < -0.39 is 18.7 Å². The van der Waals surface area contributed by atoms with Crippen LogP contribution in [0.2, 0.25) is 0 Å². The highest BCUT2D eigenvalue weighted by Gasteiger charge is 2.09. The molecule has 0 unspecified atom stereocenters. The first-order valence-corrected chi connectivity index (χ1v) is 2.77. The molecule has 0 aliphatic carbocycles. The molecule has 0 spiro atoms. The Labute approximate surface area is 67.7 Å². The number of aromatic nitrogens is 1. The Balaban J connectivity index is 3.02. The smallest absolute Gasteiger partial charge is 0.358 e. The lowest BCUT2D eigenvalue weighted by molar-refractivity contribution is 0.0686. The van der Waals surface area contributed by atoms with Crippen LogP contribution in [0.15, 0.2) is 18.3 Å². The van der Waals surface area contributed by atoms with Crippen LogP contribution in [0.4, 0.5) is 0 Å². The third-order valence-corrected chi connectivity index (χ3v) is 1.08. The summed E-state index contributed by atoms with van der Waals surface area (Å²) in [4.78, 5) is 14.1. The first-order chi connectivity index (χ1) is 6.40. The van der Waals surface area contributed by atoms with Crippen molar-refractivity contribution in [3.8, 4) is 5.75 Å². The van der Waals surface area contributed by atoms with Crippen molar-refractivity contribution in [2.75, 3.05) is 7.04 Å². The molecule has 0 amide bonds. The van der Waals surface area contributed by atoms with E-state index in [1.54, 1.807) is 0 Å². The molecule has 0 bridgehead atoms. The summed E-state index contributed by atoms with van der Waals surface area (Å²) in [6, 6.07) is 2.64. The van der Waals surface area contributed by atoms with Gasteiger partial charge in [0.2, 0.25) is 0 Å². The summed E-state index contributed by atoms with van der Waals surface area (Å²) in [5.74, 6) is -1.59. The summed E-state index contributed by atoms with van der Waals surface area (Å²) in [5, 5.41) is 8.64. The Kier molecular flexibility index (Phi) is 1.18. The Morgan fingerprint density at radius 2 is 2.73 bits per heavy atom. The maximum Gasteiger partial charge on any atom is 0.358 e. The van der Waals surface area contributed by atoms with E-state index in [2.05, 4.69) is 9.72 Å². The van der Waals surface area contributed by atoms with Gasteiger partial charge in [0.25, 0.3) is 0 Å². The van der Waals surface area contributed by atoms with E-state index in [1.165, 1.54) is 18.3 Å². The molecule has 1 N–H and O–H groups in total. The van der Waals surface area contributed by atoms with Crippen LogP contribution in [0, 0.1) is 0 Å². The molecule has 1 aromatic heterocycles. The van der Waals surface area contributed by atoms with Crippen LogP contribution >= 0.6 is 0 Å². The first kappa shape index (κ1) is 4.33. The molecule has 4 nitrogen and oxygen atoms in total. The van der Waals surface area contributed by atoms with E-state index in [9.17, 15) is 4.79 Å². The minimum Gasteiger partial charge on any atom is -0.494 e. The fourth-order valence-corrected chi connectivity index (χ4v) is 0.634. The molecule has 0 aliphatic rings. The standard InChI is InChI=1S/C7H7NO3/c1-11-5-3-2-4-8-6(5)7(9)10/h2-4H,1H3,(H,9,10)/i1D3. The van der Waals surface area contributed by atoms with Crippen LogP contribution in [0.5, 0.6) is 5.75 Å². The molecular weight excluding hydrogens is 146 g/mol. The van der Waals surface area contributed by atoms with Gasteiger partial charge >= 0.3 is 5.97 Å². The molecule has 1 heterocycles. The molecule has 1 aromatic rings. The Hall–Kier alpha value is -1.58. The maximum absolute atomic E-state index is 10.6. The van der Waals surface area contributed by atoms with Gasteiger partial charge in [0.1, 0.15) is 0 Å².